The van der Waals surface area contributed by atoms with E-state index in [-0.39, 0.29) is 12.5 Å². The lowest BCUT2D eigenvalue weighted by molar-refractivity contribution is -0.385. The van der Waals surface area contributed by atoms with Crippen LogP contribution in [0.5, 0.6) is 5.75 Å². The monoisotopic (exact) mass is 371 g/mol. The van der Waals surface area contributed by atoms with E-state index < -0.39 is 4.92 Å². The van der Waals surface area contributed by atoms with Crippen molar-refractivity contribution in [2.45, 2.75) is 17.3 Å². The zero-order valence-electron chi connectivity index (χ0n) is 11.8. The van der Waals surface area contributed by atoms with Gasteiger partial charge in [-0.25, -0.2) is 0 Å². The molecule has 5 nitrogen and oxygen atoms in total. The molecule has 0 fully saturated rings. The van der Waals surface area contributed by atoms with Crippen LogP contribution in [0.1, 0.15) is 11.1 Å². The van der Waals surface area contributed by atoms with Gasteiger partial charge in [0.25, 0.3) is 5.69 Å². The van der Waals surface area contributed by atoms with Crippen LogP contribution in [0.3, 0.4) is 0 Å². The molecule has 0 aliphatic carbocycles. The minimum absolute atomic E-state index is 0.0191. The van der Waals surface area contributed by atoms with Crippen molar-refractivity contribution in [1.82, 2.24) is 0 Å². The fourth-order valence-corrected chi connectivity index (χ4v) is 3.70. The van der Waals surface area contributed by atoms with E-state index in [1.54, 1.807) is 18.2 Å². The van der Waals surface area contributed by atoms with Gasteiger partial charge in [-0.05, 0) is 18.2 Å². The lowest BCUT2D eigenvalue weighted by atomic mass is 10.1. The van der Waals surface area contributed by atoms with E-state index in [1.165, 1.54) is 23.9 Å². The fraction of sp³-hybridized carbons (Fsp3) is 0.200. The lowest BCUT2D eigenvalue weighted by Crippen LogP contribution is -2.13. The third kappa shape index (κ3) is 3.72. The van der Waals surface area contributed by atoms with Gasteiger partial charge in [0.2, 0.25) is 0 Å². The Morgan fingerprint density at radius 1 is 1.26 bits per heavy atom. The van der Waals surface area contributed by atoms with E-state index in [9.17, 15) is 10.1 Å². The molecule has 0 spiro atoms. The molecule has 1 aliphatic rings. The molecule has 0 amide bonds. The van der Waals surface area contributed by atoms with Crippen molar-refractivity contribution in [3.63, 3.8) is 0 Å². The standard InChI is InChI=1S/C15H11Cl2NO4S/c16-11-1-2-13(17)14(5-11)23-7-10-4-12(18(19)20)3-9-6-21-8-22-15(9)10/h1-5H,6-8H2. The highest BCUT2D eigenvalue weighted by Gasteiger charge is 2.21. The lowest BCUT2D eigenvalue weighted by Gasteiger charge is -2.20. The van der Waals surface area contributed by atoms with Crippen molar-refractivity contribution in [3.05, 3.63) is 61.6 Å². The number of non-ortho nitro benzene ring substituents is 1. The Balaban J connectivity index is 1.91. The summed E-state index contributed by atoms with van der Waals surface area (Å²) < 4.78 is 10.7. The van der Waals surface area contributed by atoms with Gasteiger partial charge in [0, 0.05) is 38.9 Å². The van der Waals surface area contributed by atoms with Gasteiger partial charge in [-0.3, -0.25) is 10.1 Å². The minimum Gasteiger partial charge on any atom is -0.467 e. The molecule has 0 bridgehead atoms. The maximum absolute atomic E-state index is 11.1. The summed E-state index contributed by atoms with van der Waals surface area (Å²) in [6.07, 6.45) is 0. The van der Waals surface area contributed by atoms with Crippen LogP contribution in [-0.2, 0) is 17.1 Å². The summed E-state index contributed by atoms with van der Waals surface area (Å²) in [5, 5.41) is 12.3. The number of hydrogen-bond donors (Lipinski definition) is 0. The van der Waals surface area contributed by atoms with Crippen LogP contribution in [0.2, 0.25) is 10.0 Å². The van der Waals surface area contributed by atoms with Crippen molar-refractivity contribution in [1.29, 1.82) is 0 Å². The fourth-order valence-electron chi connectivity index (χ4n) is 2.24. The van der Waals surface area contributed by atoms with E-state index in [4.69, 9.17) is 32.7 Å². The minimum atomic E-state index is -0.421. The second-order valence-electron chi connectivity index (χ2n) is 4.82. The number of hydrogen-bond acceptors (Lipinski definition) is 5. The second-order valence-corrected chi connectivity index (χ2v) is 6.69. The van der Waals surface area contributed by atoms with Crippen molar-refractivity contribution in [2.24, 2.45) is 0 Å². The first-order valence-corrected chi connectivity index (χ1v) is 8.37. The van der Waals surface area contributed by atoms with Crippen molar-refractivity contribution >= 4 is 40.7 Å². The quantitative estimate of drug-likeness (QED) is 0.427. The van der Waals surface area contributed by atoms with E-state index >= 15 is 0 Å². The number of nitro benzene ring substituents is 1. The van der Waals surface area contributed by atoms with Crippen molar-refractivity contribution in [3.8, 4) is 5.75 Å². The molecule has 23 heavy (non-hydrogen) atoms. The van der Waals surface area contributed by atoms with Gasteiger partial charge < -0.3 is 9.47 Å². The summed E-state index contributed by atoms with van der Waals surface area (Å²) in [5.41, 5.74) is 1.43. The molecule has 0 radical (unpaired) electrons. The van der Waals surface area contributed by atoms with Gasteiger partial charge in [0.1, 0.15) is 5.75 Å². The van der Waals surface area contributed by atoms with Gasteiger partial charge in [0.15, 0.2) is 6.79 Å². The van der Waals surface area contributed by atoms with Gasteiger partial charge in [0.05, 0.1) is 16.6 Å². The van der Waals surface area contributed by atoms with E-state index in [1.807, 2.05) is 0 Å². The Kier molecular flexibility index (Phi) is 4.96. The summed E-state index contributed by atoms with van der Waals surface area (Å²) in [6, 6.07) is 8.20. The normalized spacial score (nSPS) is 13.3. The molecule has 0 N–H and O–H groups in total. The van der Waals surface area contributed by atoms with E-state index in [0.717, 1.165) is 10.5 Å². The predicted octanol–water partition coefficient (Wildman–Crippen LogP) is 5.06. The molecule has 8 heteroatoms. The van der Waals surface area contributed by atoms with Crippen molar-refractivity contribution in [2.75, 3.05) is 6.79 Å². The molecule has 1 aliphatic heterocycles. The zero-order valence-corrected chi connectivity index (χ0v) is 14.1. The number of thioether (sulfide) groups is 1. The average Bonchev–Trinajstić information content (AvgIpc) is 2.55. The maximum Gasteiger partial charge on any atom is 0.270 e. The van der Waals surface area contributed by atoms with Gasteiger partial charge in [-0.15, -0.1) is 11.8 Å². The second kappa shape index (κ2) is 6.97. The van der Waals surface area contributed by atoms with E-state index in [0.29, 0.717) is 33.7 Å². The average molecular weight is 372 g/mol. The highest BCUT2D eigenvalue weighted by atomic mass is 35.5. The first-order chi connectivity index (χ1) is 11.0. The molecule has 3 rings (SSSR count). The molecule has 2 aromatic rings. The first-order valence-electron chi connectivity index (χ1n) is 6.63. The van der Waals surface area contributed by atoms with Gasteiger partial charge in [-0.1, -0.05) is 23.2 Å². The topological polar surface area (TPSA) is 61.6 Å². The Morgan fingerprint density at radius 3 is 2.87 bits per heavy atom. The van der Waals surface area contributed by atoms with Crippen LogP contribution in [0, 0.1) is 10.1 Å². The molecule has 120 valence electrons. The maximum atomic E-state index is 11.1. The SMILES string of the molecule is O=[N+]([O-])c1cc2c(c(CSc3cc(Cl)ccc3Cl)c1)OCOC2. The van der Waals surface area contributed by atoms with Crippen LogP contribution in [0.15, 0.2) is 35.2 Å². The Bertz CT molecular complexity index is 769. The van der Waals surface area contributed by atoms with Crippen LogP contribution in [0.4, 0.5) is 5.69 Å². The van der Waals surface area contributed by atoms with E-state index in [2.05, 4.69) is 0 Å². The summed E-state index contributed by atoms with van der Waals surface area (Å²) in [5.74, 6) is 1.12. The predicted molar refractivity (Wildman–Crippen MR) is 89.4 cm³/mol. The summed E-state index contributed by atoms with van der Waals surface area (Å²) in [6.45, 7) is 0.438. The Hall–Kier alpha value is -1.47. The summed E-state index contributed by atoms with van der Waals surface area (Å²) in [4.78, 5) is 11.5. The molecule has 0 saturated heterocycles. The number of benzene rings is 2. The molecule has 0 unspecified atom stereocenters. The third-order valence-electron chi connectivity index (χ3n) is 3.26. The van der Waals surface area contributed by atoms with Crippen molar-refractivity contribution < 1.29 is 14.4 Å². The van der Waals surface area contributed by atoms with Crippen LogP contribution < -0.4 is 4.74 Å². The highest BCUT2D eigenvalue weighted by molar-refractivity contribution is 7.98. The molecule has 0 saturated carbocycles. The summed E-state index contributed by atoms with van der Waals surface area (Å²) in [7, 11) is 0. The number of nitrogens with zero attached hydrogens (tertiary/aromatic N) is 1. The van der Waals surface area contributed by atoms with Crippen LogP contribution in [0.25, 0.3) is 0 Å². The number of halogens is 2. The molecule has 0 atom stereocenters. The zero-order chi connectivity index (χ0) is 16.4. The van der Waals surface area contributed by atoms with Crippen LogP contribution >= 0.6 is 35.0 Å². The Morgan fingerprint density at radius 2 is 2.09 bits per heavy atom. The largest absolute Gasteiger partial charge is 0.467 e. The number of fused-ring (bicyclic) bond motifs is 1. The number of rotatable bonds is 4. The third-order valence-corrected chi connectivity index (χ3v) is 5.04. The molecular weight excluding hydrogens is 361 g/mol. The van der Waals surface area contributed by atoms with Gasteiger partial charge >= 0.3 is 0 Å². The summed E-state index contributed by atoms with van der Waals surface area (Å²) >= 11 is 13.6. The number of nitro groups is 1. The highest BCUT2D eigenvalue weighted by Crippen LogP contribution is 2.38. The molecular formula is C15H11Cl2NO4S. The molecule has 0 aromatic heterocycles. The van der Waals surface area contributed by atoms with Crippen LogP contribution in [-0.4, -0.2) is 11.7 Å². The first kappa shape index (κ1) is 16.4. The smallest absolute Gasteiger partial charge is 0.270 e. The van der Waals surface area contributed by atoms with Gasteiger partial charge in [-0.2, -0.15) is 0 Å². The molecule has 2 aromatic carbocycles. The molecule has 1 heterocycles. The Labute approximate surface area is 146 Å². The number of ether oxygens (including phenoxy) is 2.